The van der Waals surface area contributed by atoms with E-state index in [2.05, 4.69) is 5.32 Å². The fraction of sp³-hybridized carbons (Fsp3) is 0.567. The van der Waals surface area contributed by atoms with Gasteiger partial charge in [0.2, 0.25) is 0 Å². The van der Waals surface area contributed by atoms with Crippen LogP contribution < -0.4 is 10.9 Å². The molecule has 1 amide bonds. The first-order valence-corrected chi connectivity index (χ1v) is 15.8. The number of pyridine rings is 1. The molecule has 11 heteroatoms. The van der Waals surface area contributed by atoms with Gasteiger partial charge in [-0.3, -0.25) is 23.7 Å². The van der Waals surface area contributed by atoms with E-state index in [0.29, 0.717) is 46.0 Å². The predicted octanol–water partition coefficient (Wildman–Crippen LogP) is 6.03. The molecule has 0 unspecified atom stereocenters. The molecular weight excluding hydrogens is 560 g/mol. The van der Waals surface area contributed by atoms with Crippen molar-refractivity contribution in [3.63, 3.8) is 0 Å². The van der Waals surface area contributed by atoms with Gasteiger partial charge >= 0.3 is 5.97 Å². The Labute approximate surface area is 251 Å². The zero-order valence-corrected chi connectivity index (χ0v) is 26.0. The number of ether oxygens (including phenoxy) is 1. The number of hydrogen-bond donors (Lipinski definition) is 2. The minimum atomic E-state index is -0.730. The summed E-state index contributed by atoms with van der Waals surface area (Å²) >= 11 is 6.75. The molecule has 1 saturated heterocycles. The molecule has 224 valence electrons. The van der Waals surface area contributed by atoms with Crippen LogP contribution in [0.2, 0.25) is 0 Å². The van der Waals surface area contributed by atoms with Crippen molar-refractivity contribution >= 4 is 57.7 Å². The van der Waals surface area contributed by atoms with Gasteiger partial charge in [-0.1, -0.05) is 68.6 Å². The Bertz CT molecular complexity index is 1310. The molecular formula is C30H42N4O5S2. The first-order chi connectivity index (χ1) is 19.7. The van der Waals surface area contributed by atoms with E-state index < -0.39 is 5.97 Å². The Balaban J connectivity index is 1.62. The maximum atomic E-state index is 13.5. The minimum Gasteiger partial charge on any atom is -0.481 e. The average Bonchev–Trinajstić information content (AvgIpc) is 3.18. The van der Waals surface area contributed by atoms with Gasteiger partial charge < -0.3 is 15.2 Å². The lowest BCUT2D eigenvalue weighted by atomic mass is 10.1. The second-order valence-electron chi connectivity index (χ2n) is 10.6. The number of nitrogens with one attached hydrogen (secondary N) is 1. The molecule has 2 aromatic heterocycles. The van der Waals surface area contributed by atoms with E-state index >= 15 is 0 Å². The van der Waals surface area contributed by atoms with Gasteiger partial charge in [0.15, 0.2) is 0 Å². The van der Waals surface area contributed by atoms with E-state index in [0.717, 1.165) is 63.4 Å². The van der Waals surface area contributed by atoms with Gasteiger partial charge in [-0.05, 0) is 57.7 Å². The van der Waals surface area contributed by atoms with E-state index in [1.807, 2.05) is 32.9 Å². The van der Waals surface area contributed by atoms with Crippen molar-refractivity contribution in [1.29, 1.82) is 0 Å². The van der Waals surface area contributed by atoms with Gasteiger partial charge in [-0.2, -0.15) is 0 Å². The van der Waals surface area contributed by atoms with Crippen LogP contribution >= 0.6 is 24.0 Å². The second-order valence-corrected chi connectivity index (χ2v) is 12.3. The lowest BCUT2D eigenvalue weighted by Gasteiger charge is -2.14. The SMILES string of the molecule is Cc1ccc2nc(NCCCOC(C)C)c(/C=C3/SC(=S)N(CCCCCCCCCCC(=O)O)C3=O)c(=O)n2c1. The quantitative estimate of drug-likeness (QED) is 0.120. The van der Waals surface area contributed by atoms with Crippen molar-refractivity contribution in [3.8, 4) is 0 Å². The lowest BCUT2D eigenvalue weighted by Crippen LogP contribution is -2.29. The number of carbonyl (C=O) groups is 2. The number of carboxylic acid groups (broad SMARTS) is 1. The number of rotatable bonds is 18. The fourth-order valence-corrected chi connectivity index (χ4v) is 5.84. The molecule has 1 aliphatic heterocycles. The number of hydrogen-bond acceptors (Lipinski definition) is 8. The maximum Gasteiger partial charge on any atom is 0.303 e. The molecule has 1 fully saturated rings. The third kappa shape index (κ3) is 10.2. The summed E-state index contributed by atoms with van der Waals surface area (Å²) in [5, 5.41) is 12.0. The number of thioether (sulfide) groups is 1. The Morgan fingerprint density at radius 1 is 1.10 bits per heavy atom. The molecule has 41 heavy (non-hydrogen) atoms. The summed E-state index contributed by atoms with van der Waals surface area (Å²) in [6.45, 7) is 7.62. The number of aryl methyl sites for hydroxylation is 1. The van der Waals surface area contributed by atoms with Crippen molar-refractivity contribution < 1.29 is 19.4 Å². The van der Waals surface area contributed by atoms with Gasteiger partial charge in [-0.25, -0.2) is 4.98 Å². The van der Waals surface area contributed by atoms with Crippen LogP contribution in [0.25, 0.3) is 11.7 Å². The molecule has 1 aliphatic rings. The zero-order valence-electron chi connectivity index (χ0n) is 24.3. The van der Waals surface area contributed by atoms with Gasteiger partial charge in [0.1, 0.15) is 15.8 Å². The molecule has 3 rings (SSSR count). The van der Waals surface area contributed by atoms with Gasteiger partial charge in [0.05, 0.1) is 16.6 Å². The van der Waals surface area contributed by atoms with Gasteiger partial charge in [-0.15, -0.1) is 0 Å². The Hall–Kier alpha value is -2.76. The number of anilines is 1. The molecule has 0 aromatic carbocycles. The number of aliphatic carboxylic acids is 1. The van der Waals surface area contributed by atoms with Crippen LogP contribution in [0.15, 0.2) is 28.0 Å². The first-order valence-electron chi connectivity index (χ1n) is 14.5. The smallest absolute Gasteiger partial charge is 0.303 e. The largest absolute Gasteiger partial charge is 0.481 e. The van der Waals surface area contributed by atoms with E-state index in [1.165, 1.54) is 16.2 Å². The molecule has 0 bridgehead atoms. The number of carboxylic acids is 1. The molecule has 9 nitrogen and oxygen atoms in total. The number of thiocarbonyl (C=S) groups is 1. The number of aromatic nitrogens is 2. The van der Waals surface area contributed by atoms with Crippen molar-refractivity contribution in [2.45, 2.75) is 91.1 Å². The first kappa shape index (κ1) is 32.8. The van der Waals surface area contributed by atoms with Gasteiger partial charge in [0.25, 0.3) is 11.5 Å². The summed E-state index contributed by atoms with van der Waals surface area (Å²) in [7, 11) is 0. The molecule has 0 saturated carbocycles. The predicted molar refractivity (Wildman–Crippen MR) is 169 cm³/mol. The number of carbonyl (C=O) groups excluding carboxylic acids is 1. The van der Waals surface area contributed by atoms with Gasteiger partial charge in [0, 0.05) is 32.3 Å². The molecule has 0 radical (unpaired) electrons. The minimum absolute atomic E-state index is 0.154. The van der Waals surface area contributed by atoms with Crippen molar-refractivity contribution in [2.24, 2.45) is 0 Å². The van der Waals surface area contributed by atoms with E-state index in [-0.39, 0.29) is 24.0 Å². The molecule has 2 N–H and O–H groups in total. The zero-order chi connectivity index (χ0) is 29.8. The molecule has 0 atom stereocenters. The highest BCUT2D eigenvalue weighted by Crippen LogP contribution is 2.33. The van der Waals surface area contributed by atoms with Crippen LogP contribution in [0.4, 0.5) is 5.82 Å². The third-order valence-corrected chi connectivity index (χ3v) is 8.12. The summed E-state index contributed by atoms with van der Waals surface area (Å²) in [4.78, 5) is 44.1. The Morgan fingerprint density at radius 2 is 1.78 bits per heavy atom. The number of unbranched alkanes of at least 4 members (excludes halogenated alkanes) is 7. The summed E-state index contributed by atoms with van der Waals surface area (Å²) in [5.41, 5.74) is 1.56. The lowest BCUT2D eigenvalue weighted by molar-refractivity contribution is -0.137. The number of nitrogens with zero attached hydrogens (tertiary/aromatic N) is 3. The van der Waals surface area contributed by atoms with Crippen molar-refractivity contribution in [1.82, 2.24) is 14.3 Å². The fourth-order valence-electron chi connectivity index (χ4n) is 4.55. The summed E-state index contributed by atoms with van der Waals surface area (Å²) in [6, 6.07) is 3.72. The third-order valence-electron chi connectivity index (χ3n) is 6.74. The van der Waals surface area contributed by atoms with E-state index in [9.17, 15) is 14.4 Å². The molecule has 3 heterocycles. The summed E-state index contributed by atoms with van der Waals surface area (Å²) in [5.74, 6) is -0.466. The number of amides is 1. The van der Waals surface area contributed by atoms with E-state index in [1.54, 1.807) is 17.2 Å². The van der Waals surface area contributed by atoms with Crippen LogP contribution in [0.5, 0.6) is 0 Å². The van der Waals surface area contributed by atoms with Crippen molar-refractivity contribution in [3.05, 3.63) is 44.7 Å². The summed E-state index contributed by atoms with van der Waals surface area (Å²) < 4.78 is 7.64. The summed E-state index contributed by atoms with van der Waals surface area (Å²) in [6.07, 6.45) is 12.4. The topological polar surface area (TPSA) is 113 Å². The highest BCUT2D eigenvalue weighted by molar-refractivity contribution is 8.26. The van der Waals surface area contributed by atoms with Crippen LogP contribution in [-0.2, 0) is 14.3 Å². The number of fused-ring (bicyclic) bond motifs is 1. The highest BCUT2D eigenvalue weighted by Gasteiger charge is 2.32. The highest BCUT2D eigenvalue weighted by atomic mass is 32.2. The van der Waals surface area contributed by atoms with Crippen molar-refractivity contribution in [2.75, 3.05) is 25.0 Å². The molecule has 0 aliphatic carbocycles. The van der Waals surface area contributed by atoms with Crippen LogP contribution in [0, 0.1) is 6.92 Å². The standard InChI is InChI=1S/C30H42N4O5S2/c1-21(2)39-18-12-16-31-27-23(28(37)34-20-22(3)14-15-25(34)32-27)19-24-29(38)33(30(40)41-24)17-11-9-7-5-4-6-8-10-13-26(35)36/h14-15,19-21,31H,4-13,16-18H2,1-3H3,(H,35,36)/b24-19+. The van der Waals surface area contributed by atoms with Crippen LogP contribution in [0.1, 0.15) is 89.2 Å². The van der Waals surface area contributed by atoms with Crippen LogP contribution in [0.3, 0.4) is 0 Å². The average molecular weight is 603 g/mol. The normalized spacial score (nSPS) is 14.6. The molecule has 2 aromatic rings. The second kappa shape index (κ2) is 16.6. The molecule has 0 spiro atoms. The van der Waals surface area contributed by atoms with Crippen LogP contribution in [-0.4, -0.2) is 61.4 Å². The van der Waals surface area contributed by atoms with E-state index in [4.69, 9.17) is 27.0 Å². The Kier molecular flexibility index (Phi) is 13.3. The maximum absolute atomic E-state index is 13.5. The Morgan fingerprint density at radius 3 is 2.46 bits per heavy atom. The monoisotopic (exact) mass is 602 g/mol.